The topological polar surface area (TPSA) is 47.6 Å². The lowest BCUT2D eigenvalue weighted by Gasteiger charge is -2.19. The molecule has 0 aromatic heterocycles. The molecule has 2 aromatic carbocycles. The van der Waals surface area contributed by atoms with E-state index in [2.05, 4.69) is 17.4 Å². The van der Waals surface area contributed by atoms with Gasteiger partial charge in [-0.25, -0.2) is 0 Å². The molecule has 4 nitrogen and oxygen atoms in total. The minimum atomic E-state index is -0.0792. The van der Waals surface area contributed by atoms with E-state index in [4.69, 9.17) is 9.47 Å². The molecule has 1 aliphatic carbocycles. The molecule has 0 aliphatic heterocycles. The first-order valence-corrected chi connectivity index (χ1v) is 8.69. The largest absolute Gasteiger partial charge is 0.496 e. The van der Waals surface area contributed by atoms with Crippen LogP contribution < -0.4 is 14.8 Å². The maximum Gasteiger partial charge on any atom is 0.251 e. The summed E-state index contributed by atoms with van der Waals surface area (Å²) in [5, 5.41) is 3.22. The number of carbonyl (C=O) groups is 1. The van der Waals surface area contributed by atoms with Crippen molar-refractivity contribution in [2.75, 3.05) is 14.2 Å². The van der Waals surface area contributed by atoms with Crippen LogP contribution in [0.1, 0.15) is 34.3 Å². The van der Waals surface area contributed by atoms with Crippen molar-refractivity contribution in [3.8, 4) is 11.5 Å². The van der Waals surface area contributed by atoms with Gasteiger partial charge in [-0.3, -0.25) is 4.79 Å². The first-order valence-electron chi connectivity index (χ1n) is 8.69. The van der Waals surface area contributed by atoms with Gasteiger partial charge in [0, 0.05) is 17.2 Å². The van der Waals surface area contributed by atoms with Gasteiger partial charge in [0.1, 0.15) is 11.5 Å². The zero-order valence-corrected chi connectivity index (χ0v) is 15.0. The number of methoxy groups -OCH3 is 2. The van der Waals surface area contributed by atoms with Crippen LogP contribution in [-0.2, 0) is 6.42 Å². The second-order valence-corrected chi connectivity index (χ2v) is 6.61. The second kappa shape index (κ2) is 7.60. The third-order valence-electron chi connectivity index (χ3n) is 4.82. The first-order chi connectivity index (χ1) is 12.1. The molecular weight excluding hydrogens is 314 g/mol. The van der Waals surface area contributed by atoms with Crippen molar-refractivity contribution in [2.24, 2.45) is 5.92 Å². The number of hydrogen-bond acceptors (Lipinski definition) is 3. The third-order valence-corrected chi connectivity index (χ3v) is 4.82. The molecule has 0 heterocycles. The molecular formula is C21H25NO3. The van der Waals surface area contributed by atoms with E-state index in [1.807, 2.05) is 25.1 Å². The fourth-order valence-electron chi connectivity index (χ4n) is 3.17. The molecule has 1 amide bonds. The van der Waals surface area contributed by atoms with Crippen LogP contribution in [0.2, 0.25) is 0 Å². The summed E-state index contributed by atoms with van der Waals surface area (Å²) in [5.74, 6) is 1.81. The molecule has 1 N–H and O–H groups in total. The number of hydrogen-bond donors (Lipinski definition) is 1. The predicted octanol–water partition coefficient (Wildman–Crippen LogP) is 3.76. The molecule has 0 bridgehead atoms. The van der Waals surface area contributed by atoms with E-state index < -0.39 is 0 Å². The van der Waals surface area contributed by atoms with Crippen molar-refractivity contribution in [3.63, 3.8) is 0 Å². The molecule has 4 heteroatoms. The van der Waals surface area contributed by atoms with E-state index in [1.54, 1.807) is 26.4 Å². The van der Waals surface area contributed by atoms with E-state index in [1.165, 1.54) is 18.4 Å². The Morgan fingerprint density at radius 1 is 1.12 bits per heavy atom. The Labute approximate surface area is 149 Å². The first kappa shape index (κ1) is 17.3. The smallest absolute Gasteiger partial charge is 0.251 e. The highest BCUT2D eigenvalue weighted by molar-refractivity contribution is 5.95. The van der Waals surface area contributed by atoms with Gasteiger partial charge in [0.2, 0.25) is 0 Å². The van der Waals surface area contributed by atoms with Crippen LogP contribution >= 0.6 is 0 Å². The number of ether oxygens (including phenoxy) is 2. The van der Waals surface area contributed by atoms with Crippen LogP contribution in [0.5, 0.6) is 11.5 Å². The maximum atomic E-state index is 12.8. The Kier molecular flexibility index (Phi) is 5.27. The Morgan fingerprint density at radius 3 is 2.24 bits per heavy atom. The molecule has 3 rings (SSSR count). The van der Waals surface area contributed by atoms with Gasteiger partial charge >= 0.3 is 0 Å². The average molecular weight is 339 g/mol. The van der Waals surface area contributed by atoms with Crippen LogP contribution in [0.3, 0.4) is 0 Å². The number of benzene rings is 2. The summed E-state index contributed by atoms with van der Waals surface area (Å²) in [4.78, 5) is 12.8. The van der Waals surface area contributed by atoms with Crippen LogP contribution in [0.25, 0.3) is 0 Å². The Balaban J connectivity index is 1.77. The predicted molar refractivity (Wildman–Crippen MR) is 98.4 cm³/mol. The summed E-state index contributed by atoms with van der Waals surface area (Å²) in [7, 11) is 3.21. The average Bonchev–Trinajstić information content (AvgIpc) is 3.47. The van der Waals surface area contributed by atoms with Crippen molar-refractivity contribution >= 4 is 5.91 Å². The molecule has 1 aliphatic rings. The van der Waals surface area contributed by atoms with Gasteiger partial charge in [0.05, 0.1) is 14.2 Å². The van der Waals surface area contributed by atoms with Crippen LogP contribution in [-0.4, -0.2) is 26.2 Å². The summed E-state index contributed by atoms with van der Waals surface area (Å²) < 4.78 is 10.8. The minimum absolute atomic E-state index is 0.0792. The van der Waals surface area contributed by atoms with E-state index in [9.17, 15) is 4.79 Å². The maximum absolute atomic E-state index is 12.8. The lowest BCUT2D eigenvalue weighted by Crippen LogP contribution is -2.38. The number of rotatable bonds is 7. The van der Waals surface area contributed by atoms with Gasteiger partial charge in [-0.05, 0) is 49.8 Å². The summed E-state index contributed by atoms with van der Waals surface area (Å²) in [6.07, 6.45) is 3.22. The molecule has 0 radical (unpaired) electrons. The number of amides is 1. The Bertz CT molecular complexity index is 713. The molecule has 25 heavy (non-hydrogen) atoms. The molecule has 132 valence electrons. The summed E-state index contributed by atoms with van der Waals surface area (Å²) >= 11 is 0. The van der Waals surface area contributed by atoms with Crippen molar-refractivity contribution < 1.29 is 14.3 Å². The molecule has 0 saturated heterocycles. The third kappa shape index (κ3) is 4.13. The van der Waals surface area contributed by atoms with Crippen LogP contribution in [0.15, 0.2) is 42.5 Å². The quantitative estimate of drug-likeness (QED) is 0.835. The van der Waals surface area contributed by atoms with E-state index in [-0.39, 0.29) is 11.9 Å². The highest BCUT2D eigenvalue weighted by Gasteiger charge is 2.32. The number of carbonyl (C=O) groups excluding carboxylic acids is 1. The van der Waals surface area contributed by atoms with Gasteiger partial charge < -0.3 is 14.8 Å². The standard InChI is InChI=1S/C21H25NO3/c1-14-19(24-2)12-17(13-20(14)25-3)21(23)22-18(16-9-10-16)11-15-7-5-4-6-8-15/h4-8,12-13,16,18H,9-11H2,1-3H3,(H,22,23). The molecule has 1 unspecified atom stereocenters. The van der Waals surface area contributed by atoms with Crippen molar-refractivity contribution in [1.29, 1.82) is 0 Å². The van der Waals surface area contributed by atoms with Gasteiger partial charge in [0.25, 0.3) is 5.91 Å². The van der Waals surface area contributed by atoms with E-state index >= 15 is 0 Å². The SMILES string of the molecule is COc1cc(C(=O)NC(Cc2ccccc2)C2CC2)cc(OC)c1C. The fourth-order valence-corrected chi connectivity index (χ4v) is 3.17. The lowest BCUT2D eigenvalue weighted by atomic mass is 10.0. The molecule has 0 spiro atoms. The minimum Gasteiger partial charge on any atom is -0.496 e. The Hall–Kier alpha value is -2.49. The van der Waals surface area contributed by atoms with E-state index in [0.717, 1.165) is 12.0 Å². The molecule has 1 atom stereocenters. The zero-order chi connectivity index (χ0) is 17.8. The van der Waals surface area contributed by atoms with Gasteiger partial charge in [0.15, 0.2) is 0 Å². The highest BCUT2D eigenvalue weighted by Crippen LogP contribution is 2.35. The molecule has 2 aromatic rings. The van der Waals surface area contributed by atoms with Gasteiger partial charge in [-0.2, -0.15) is 0 Å². The van der Waals surface area contributed by atoms with E-state index in [0.29, 0.717) is 23.0 Å². The number of nitrogens with one attached hydrogen (secondary N) is 1. The zero-order valence-electron chi connectivity index (χ0n) is 15.0. The van der Waals surface area contributed by atoms with Gasteiger partial charge in [-0.15, -0.1) is 0 Å². The summed E-state index contributed by atoms with van der Waals surface area (Å²) in [6.45, 7) is 1.92. The molecule has 1 saturated carbocycles. The summed E-state index contributed by atoms with van der Waals surface area (Å²) in [5.41, 5.74) is 2.71. The lowest BCUT2D eigenvalue weighted by molar-refractivity contribution is 0.0931. The van der Waals surface area contributed by atoms with Crippen molar-refractivity contribution in [3.05, 3.63) is 59.2 Å². The van der Waals surface area contributed by atoms with Crippen molar-refractivity contribution in [2.45, 2.75) is 32.2 Å². The van der Waals surface area contributed by atoms with Crippen LogP contribution in [0, 0.1) is 12.8 Å². The molecule has 1 fully saturated rings. The fraction of sp³-hybridized carbons (Fsp3) is 0.381. The monoisotopic (exact) mass is 339 g/mol. The highest BCUT2D eigenvalue weighted by atomic mass is 16.5. The van der Waals surface area contributed by atoms with Crippen LogP contribution in [0.4, 0.5) is 0 Å². The van der Waals surface area contributed by atoms with Crippen molar-refractivity contribution in [1.82, 2.24) is 5.32 Å². The second-order valence-electron chi connectivity index (χ2n) is 6.61. The normalized spacial score (nSPS) is 14.7. The Morgan fingerprint density at radius 2 is 1.72 bits per heavy atom. The summed E-state index contributed by atoms with van der Waals surface area (Å²) in [6, 6.07) is 14.0. The van der Waals surface area contributed by atoms with Gasteiger partial charge in [-0.1, -0.05) is 30.3 Å².